The van der Waals surface area contributed by atoms with Crippen molar-refractivity contribution < 1.29 is 9.59 Å². The fourth-order valence-electron chi connectivity index (χ4n) is 4.55. The Morgan fingerprint density at radius 3 is 2.62 bits per heavy atom. The van der Waals surface area contributed by atoms with Crippen LogP contribution in [0.5, 0.6) is 0 Å². The van der Waals surface area contributed by atoms with Crippen LogP contribution in [0.15, 0.2) is 12.4 Å². The van der Waals surface area contributed by atoms with E-state index in [0.29, 0.717) is 19.0 Å². The number of hydrogen-bond acceptors (Lipinski definition) is 4. The molecule has 2 saturated heterocycles. The summed E-state index contributed by atoms with van der Waals surface area (Å²) < 4.78 is 0. The smallest absolute Gasteiger partial charge is 0.223 e. The zero-order valence-electron chi connectivity index (χ0n) is 15.5. The van der Waals surface area contributed by atoms with E-state index < -0.39 is 0 Å². The highest BCUT2D eigenvalue weighted by molar-refractivity contribution is 5.80. The fourth-order valence-corrected chi connectivity index (χ4v) is 4.55. The van der Waals surface area contributed by atoms with E-state index in [1.165, 1.54) is 12.8 Å². The van der Waals surface area contributed by atoms with Crippen molar-refractivity contribution >= 4 is 11.8 Å². The number of aromatic amines is 1. The van der Waals surface area contributed by atoms with Crippen molar-refractivity contribution in [3.05, 3.63) is 18.2 Å². The maximum Gasteiger partial charge on any atom is 0.223 e. The van der Waals surface area contributed by atoms with E-state index in [-0.39, 0.29) is 23.8 Å². The molecule has 3 fully saturated rings. The van der Waals surface area contributed by atoms with Crippen LogP contribution in [0.25, 0.3) is 0 Å². The van der Waals surface area contributed by atoms with Crippen molar-refractivity contribution in [2.24, 2.45) is 17.8 Å². The molecule has 0 aromatic carbocycles. The van der Waals surface area contributed by atoms with E-state index >= 15 is 0 Å². The summed E-state index contributed by atoms with van der Waals surface area (Å²) in [5, 5.41) is 3.36. The van der Waals surface area contributed by atoms with E-state index in [4.69, 9.17) is 0 Å². The Balaban J connectivity index is 1.32. The second-order valence-corrected chi connectivity index (χ2v) is 8.13. The topological polar surface area (TPSA) is 81.3 Å². The summed E-state index contributed by atoms with van der Waals surface area (Å²) in [5.74, 6) is 2.66. The predicted molar refractivity (Wildman–Crippen MR) is 97.0 cm³/mol. The molecule has 0 unspecified atom stereocenters. The molecule has 7 heteroatoms. The highest BCUT2D eigenvalue weighted by Gasteiger charge is 2.43. The molecule has 2 aliphatic heterocycles. The lowest BCUT2D eigenvalue weighted by Crippen LogP contribution is -2.47. The Bertz CT molecular complexity index is 634. The van der Waals surface area contributed by atoms with Gasteiger partial charge in [-0.2, -0.15) is 0 Å². The van der Waals surface area contributed by atoms with Gasteiger partial charge in [-0.15, -0.1) is 0 Å². The number of aromatic nitrogens is 2. The van der Waals surface area contributed by atoms with E-state index in [1.807, 2.05) is 11.1 Å². The first kappa shape index (κ1) is 17.5. The first-order valence-corrected chi connectivity index (χ1v) is 9.86. The SMILES string of the molecule is CC(=O)N1CCC(C(=O)N[C@@H]2CN(Cc3ncc[nH]3)C[C@H]2C2CC2)CC1. The van der Waals surface area contributed by atoms with Gasteiger partial charge >= 0.3 is 0 Å². The summed E-state index contributed by atoms with van der Waals surface area (Å²) in [4.78, 5) is 36.0. The minimum Gasteiger partial charge on any atom is -0.352 e. The number of H-pyrrole nitrogens is 1. The number of carbonyl (C=O) groups excluding carboxylic acids is 2. The molecule has 2 N–H and O–H groups in total. The number of rotatable bonds is 5. The van der Waals surface area contributed by atoms with E-state index in [2.05, 4.69) is 20.2 Å². The molecule has 7 nitrogen and oxygen atoms in total. The lowest BCUT2D eigenvalue weighted by molar-refractivity contribution is -0.134. The molecular weight excluding hydrogens is 330 g/mol. The van der Waals surface area contributed by atoms with Crippen LogP contribution in [0, 0.1) is 17.8 Å². The number of piperidine rings is 1. The number of likely N-dealkylation sites (tertiary alicyclic amines) is 2. The van der Waals surface area contributed by atoms with Crippen molar-refractivity contribution in [2.45, 2.75) is 45.2 Å². The molecule has 2 atom stereocenters. The van der Waals surface area contributed by atoms with Gasteiger partial charge in [-0.1, -0.05) is 0 Å². The van der Waals surface area contributed by atoms with Crippen LogP contribution in [-0.2, 0) is 16.1 Å². The van der Waals surface area contributed by atoms with Crippen LogP contribution in [0.2, 0.25) is 0 Å². The maximum absolute atomic E-state index is 12.8. The van der Waals surface area contributed by atoms with Crippen LogP contribution in [-0.4, -0.2) is 63.8 Å². The molecule has 3 heterocycles. The molecule has 1 aromatic rings. The fraction of sp³-hybridized carbons (Fsp3) is 0.737. The normalized spacial score (nSPS) is 27.7. The van der Waals surface area contributed by atoms with Gasteiger partial charge < -0.3 is 15.2 Å². The Labute approximate surface area is 154 Å². The maximum atomic E-state index is 12.8. The highest BCUT2D eigenvalue weighted by atomic mass is 16.2. The molecule has 142 valence electrons. The highest BCUT2D eigenvalue weighted by Crippen LogP contribution is 2.41. The molecule has 0 bridgehead atoms. The Kier molecular flexibility index (Phi) is 4.98. The number of nitrogens with one attached hydrogen (secondary N) is 2. The van der Waals surface area contributed by atoms with Crippen molar-refractivity contribution in [3.63, 3.8) is 0 Å². The van der Waals surface area contributed by atoms with Gasteiger partial charge in [-0.3, -0.25) is 14.5 Å². The van der Waals surface area contributed by atoms with E-state index in [0.717, 1.165) is 44.2 Å². The van der Waals surface area contributed by atoms with Crippen molar-refractivity contribution in [3.8, 4) is 0 Å². The average molecular weight is 359 g/mol. The van der Waals surface area contributed by atoms with Crippen LogP contribution in [0.4, 0.5) is 0 Å². The molecule has 2 amide bonds. The summed E-state index contributed by atoms with van der Waals surface area (Å²) in [6.07, 6.45) is 7.79. The van der Waals surface area contributed by atoms with E-state index in [1.54, 1.807) is 13.1 Å². The molecule has 1 saturated carbocycles. The van der Waals surface area contributed by atoms with Gasteiger partial charge in [0.15, 0.2) is 0 Å². The standard InChI is InChI=1S/C19H29N5O2/c1-13(25)24-8-4-15(5-9-24)19(26)22-17-11-23(10-16(17)14-2-3-14)12-18-20-6-7-21-18/h6-7,14-17H,2-5,8-12H2,1H3,(H,20,21)(H,22,26)/t16-,17+/m0/s1. The number of imidazole rings is 1. The molecule has 26 heavy (non-hydrogen) atoms. The molecular formula is C19H29N5O2. The first-order valence-electron chi connectivity index (χ1n) is 9.86. The molecule has 0 spiro atoms. The Morgan fingerprint density at radius 1 is 1.23 bits per heavy atom. The Hall–Kier alpha value is -1.89. The van der Waals surface area contributed by atoms with Crippen LogP contribution >= 0.6 is 0 Å². The van der Waals surface area contributed by atoms with Gasteiger partial charge in [0.25, 0.3) is 0 Å². The second kappa shape index (κ2) is 7.39. The zero-order valence-corrected chi connectivity index (χ0v) is 15.5. The lowest BCUT2D eigenvalue weighted by atomic mass is 9.93. The molecule has 0 radical (unpaired) electrons. The first-order chi connectivity index (χ1) is 12.6. The molecule has 4 rings (SSSR count). The van der Waals surface area contributed by atoms with Crippen LogP contribution in [0.1, 0.15) is 38.4 Å². The summed E-state index contributed by atoms with van der Waals surface area (Å²) in [6.45, 7) is 5.77. The van der Waals surface area contributed by atoms with Gasteiger partial charge in [-0.05, 0) is 37.5 Å². The van der Waals surface area contributed by atoms with Crippen LogP contribution in [0.3, 0.4) is 0 Å². The third-order valence-corrected chi connectivity index (χ3v) is 6.24. The van der Waals surface area contributed by atoms with Crippen LogP contribution < -0.4 is 5.32 Å². The van der Waals surface area contributed by atoms with Gasteiger partial charge in [-0.25, -0.2) is 4.98 Å². The van der Waals surface area contributed by atoms with Gasteiger partial charge in [0.2, 0.25) is 11.8 Å². The third kappa shape index (κ3) is 3.92. The zero-order chi connectivity index (χ0) is 18.1. The number of amides is 2. The summed E-state index contributed by atoms with van der Waals surface area (Å²) in [7, 11) is 0. The lowest BCUT2D eigenvalue weighted by Gasteiger charge is -2.31. The monoisotopic (exact) mass is 359 g/mol. The Morgan fingerprint density at radius 2 is 2.00 bits per heavy atom. The molecule has 1 aliphatic carbocycles. The minimum absolute atomic E-state index is 0.0459. The minimum atomic E-state index is 0.0459. The predicted octanol–water partition coefficient (Wildman–Crippen LogP) is 0.995. The summed E-state index contributed by atoms with van der Waals surface area (Å²) in [6, 6.07) is 0.246. The third-order valence-electron chi connectivity index (χ3n) is 6.24. The average Bonchev–Trinajstić information content (AvgIpc) is 3.21. The second-order valence-electron chi connectivity index (χ2n) is 8.13. The number of nitrogens with zero attached hydrogens (tertiary/aromatic N) is 3. The van der Waals surface area contributed by atoms with Gasteiger partial charge in [0.05, 0.1) is 6.54 Å². The summed E-state index contributed by atoms with van der Waals surface area (Å²) in [5.41, 5.74) is 0. The number of hydrogen-bond donors (Lipinski definition) is 2. The van der Waals surface area contributed by atoms with Crippen molar-refractivity contribution in [2.75, 3.05) is 26.2 Å². The molecule has 1 aromatic heterocycles. The van der Waals surface area contributed by atoms with E-state index in [9.17, 15) is 9.59 Å². The van der Waals surface area contributed by atoms with Crippen molar-refractivity contribution in [1.82, 2.24) is 25.1 Å². The molecule has 3 aliphatic rings. The van der Waals surface area contributed by atoms with Crippen molar-refractivity contribution in [1.29, 1.82) is 0 Å². The van der Waals surface area contributed by atoms with Gasteiger partial charge in [0, 0.05) is 57.5 Å². The largest absolute Gasteiger partial charge is 0.352 e. The quantitative estimate of drug-likeness (QED) is 0.822. The number of carbonyl (C=O) groups is 2. The van der Waals surface area contributed by atoms with Gasteiger partial charge in [0.1, 0.15) is 5.82 Å². The summed E-state index contributed by atoms with van der Waals surface area (Å²) >= 11 is 0.